The minimum absolute atomic E-state index is 0.0349. The number of hydrogen-bond acceptors (Lipinski definition) is 6. The van der Waals surface area contributed by atoms with Crippen molar-refractivity contribution in [2.75, 3.05) is 18.5 Å². The van der Waals surface area contributed by atoms with Crippen LogP contribution in [0.15, 0.2) is 30.5 Å². The van der Waals surface area contributed by atoms with Gasteiger partial charge in [-0.3, -0.25) is 19.7 Å². The molecule has 0 radical (unpaired) electrons. The van der Waals surface area contributed by atoms with Gasteiger partial charge in [-0.1, -0.05) is 43.1 Å². The van der Waals surface area contributed by atoms with Crippen LogP contribution < -0.4 is 21.3 Å². The van der Waals surface area contributed by atoms with Crippen LogP contribution in [0.4, 0.5) is 10.1 Å². The molecule has 3 aliphatic heterocycles. The molecule has 2 spiro atoms. The maximum Gasteiger partial charge on any atom is 0.249 e. The van der Waals surface area contributed by atoms with E-state index in [4.69, 9.17) is 27.9 Å². The average molecular weight is 647 g/mol. The molecule has 3 fully saturated rings. The van der Waals surface area contributed by atoms with Gasteiger partial charge >= 0.3 is 0 Å². The van der Waals surface area contributed by atoms with Gasteiger partial charge in [-0.05, 0) is 80.2 Å². The predicted molar refractivity (Wildman–Crippen MR) is 165 cm³/mol. The Kier molecular flexibility index (Phi) is 8.18. The molecule has 2 aromatic rings. The number of likely N-dealkylation sites (N-methyl/N-ethyl adjacent to an activating group) is 1. The molecule has 2 saturated heterocycles. The summed E-state index contributed by atoms with van der Waals surface area (Å²) in [5, 5.41) is 12.7. The fraction of sp³-hybridized carbons (Fsp3) is 0.562. The van der Waals surface area contributed by atoms with Gasteiger partial charge in [0.25, 0.3) is 0 Å². The number of hydrogen-bond donors (Lipinski definition) is 4. The second-order valence-electron chi connectivity index (χ2n) is 13.3. The smallest absolute Gasteiger partial charge is 0.249 e. The fourth-order valence-electron chi connectivity index (χ4n) is 7.98. The minimum atomic E-state index is -1.34. The van der Waals surface area contributed by atoms with E-state index in [-0.39, 0.29) is 46.5 Å². The molecule has 44 heavy (non-hydrogen) atoms. The first-order valence-corrected chi connectivity index (χ1v) is 16.1. The molecular formula is C32H38Cl2FN5O4. The van der Waals surface area contributed by atoms with Gasteiger partial charge in [0.1, 0.15) is 11.5 Å². The number of halogens is 3. The van der Waals surface area contributed by atoms with Crippen molar-refractivity contribution < 1.29 is 23.5 Å². The first-order valence-electron chi connectivity index (χ1n) is 15.3. The van der Waals surface area contributed by atoms with Crippen molar-refractivity contribution in [1.29, 1.82) is 0 Å². The number of nitrogens with zero attached hydrogens (tertiary/aromatic N) is 1. The standard InChI is InChI=1S/C32H38Cl2FN5O4/c1-4-36-27(41)22-8-6-18(16-44-22)38-28(42)25-23(19-9-14-37-26(34)24(19)35)32(31(40-25)12-10-30(2,3)11-13-31)20-7-5-17(33)15-21(20)39-29(32)43/h5,7,9,14-15,18,22-23,25,40H,4,6,8,10-13,16H2,1-3H3,(H,36,41)(H,38,42)(H,39,43)/t18-,22+,23+,25-,32-/m1/s1. The van der Waals surface area contributed by atoms with E-state index >= 15 is 4.39 Å². The highest BCUT2D eigenvalue weighted by Gasteiger charge is 2.73. The van der Waals surface area contributed by atoms with Crippen molar-refractivity contribution >= 4 is 46.6 Å². The molecule has 1 aromatic carbocycles. The first-order chi connectivity index (χ1) is 20.9. The Balaban J connectivity index is 1.44. The monoisotopic (exact) mass is 645 g/mol. The number of aromatic nitrogens is 1. The second kappa shape index (κ2) is 11.5. The van der Waals surface area contributed by atoms with E-state index in [1.165, 1.54) is 12.3 Å². The van der Waals surface area contributed by atoms with Gasteiger partial charge in [-0.15, -0.1) is 0 Å². The summed E-state index contributed by atoms with van der Waals surface area (Å²) in [6.45, 7) is 6.91. The van der Waals surface area contributed by atoms with Gasteiger partial charge in [0.05, 0.1) is 18.7 Å². The van der Waals surface area contributed by atoms with E-state index in [1.807, 2.05) is 13.0 Å². The molecule has 3 amide bonds. The minimum Gasteiger partial charge on any atom is -0.366 e. The zero-order chi connectivity index (χ0) is 31.4. The number of anilines is 1. The number of amides is 3. The number of fused-ring (bicyclic) bond motifs is 3. The largest absolute Gasteiger partial charge is 0.366 e. The molecule has 4 heterocycles. The summed E-state index contributed by atoms with van der Waals surface area (Å²) in [6.07, 6.45) is 4.61. The number of carbonyl (C=O) groups excluding carboxylic acids is 3. The summed E-state index contributed by atoms with van der Waals surface area (Å²) in [6, 6.07) is 5.43. The molecule has 4 N–H and O–H groups in total. The molecule has 12 heteroatoms. The number of nitrogens with one attached hydrogen (secondary N) is 4. The number of rotatable bonds is 5. The number of carbonyl (C=O) groups is 3. The SMILES string of the molecule is CCNC(=O)[C@@H]1CC[C@@H](NC(=O)[C@@H]2NC3(CCC(C)(C)CC3)[C@@]3(C(=O)Nc4cc(Cl)ccc43)[C@H]2c2ccnc(Cl)c2F)CO1. The third-order valence-electron chi connectivity index (χ3n) is 10.2. The van der Waals surface area contributed by atoms with Gasteiger partial charge < -0.3 is 20.7 Å². The van der Waals surface area contributed by atoms with Crippen LogP contribution in [0.3, 0.4) is 0 Å². The van der Waals surface area contributed by atoms with E-state index in [9.17, 15) is 14.4 Å². The maximum atomic E-state index is 16.0. The van der Waals surface area contributed by atoms with Gasteiger partial charge in [0.2, 0.25) is 17.7 Å². The Morgan fingerprint density at radius 1 is 1.11 bits per heavy atom. The third-order valence-corrected chi connectivity index (χ3v) is 10.7. The van der Waals surface area contributed by atoms with E-state index in [2.05, 4.69) is 40.1 Å². The van der Waals surface area contributed by atoms with E-state index in [0.29, 0.717) is 48.5 Å². The van der Waals surface area contributed by atoms with Crippen LogP contribution in [0.25, 0.3) is 0 Å². The van der Waals surface area contributed by atoms with E-state index in [0.717, 1.165) is 12.8 Å². The lowest BCUT2D eigenvalue weighted by Gasteiger charge is -2.50. The highest BCUT2D eigenvalue weighted by atomic mass is 35.5. The highest BCUT2D eigenvalue weighted by Crippen LogP contribution is 2.64. The van der Waals surface area contributed by atoms with Crippen LogP contribution in [-0.2, 0) is 24.5 Å². The molecule has 0 bridgehead atoms. The molecule has 5 atom stereocenters. The molecule has 236 valence electrons. The van der Waals surface area contributed by atoms with Crippen molar-refractivity contribution in [3.63, 3.8) is 0 Å². The van der Waals surface area contributed by atoms with Crippen molar-refractivity contribution in [2.24, 2.45) is 5.41 Å². The summed E-state index contributed by atoms with van der Waals surface area (Å²) in [4.78, 5) is 45.1. The Morgan fingerprint density at radius 3 is 2.55 bits per heavy atom. The van der Waals surface area contributed by atoms with Crippen LogP contribution >= 0.6 is 23.2 Å². The average Bonchev–Trinajstić information content (AvgIpc) is 3.44. The number of pyridine rings is 1. The Bertz CT molecular complexity index is 1490. The summed E-state index contributed by atoms with van der Waals surface area (Å²) >= 11 is 12.6. The number of ether oxygens (including phenoxy) is 1. The summed E-state index contributed by atoms with van der Waals surface area (Å²) in [5.74, 6) is -2.56. The lowest BCUT2D eigenvalue weighted by Crippen LogP contribution is -2.61. The predicted octanol–water partition coefficient (Wildman–Crippen LogP) is 4.61. The molecule has 4 aliphatic rings. The lowest BCUT2D eigenvalue weighted by atomic mass is 9.53. The zero-order valence-corrected chi connectivity index (χ0v) is 26.6. The fourth-order valence-corrected chi connectivity index (χ4v) is 8.32. The number of benzene rings is 1. The summed E-state index contributed by atoms with van der Waals surface area (Å²) < 4.78 is 21.9. The van der Waals surface area contributed by atoms with Crippen molar-refractivity contribution in [3.8, 4) is 0 Å². The summed E-state index contributed by atoms with van der Waals surface area (Å²) in [5.41, 5.74) is -0.799. The van der Waals surface area contributed by atoms with Crippen LogP contribution in [0.2, 0.25) is 10.2 Å². The normalized spacial score (nSPS) is 30.2. The lowest BCUT2D eigenvalue weighted by molar-refractivity contribution is -0.137. The molecule has 1 aliphatic carbocycles. The van der Waals surface area contributed by atoms with Crippen molar-refractivity contribution in [1.82, 2.24) is 20.9 Å². The molecule has 1 aromatic heterocycles. The van der Waals surface area contributed by atoms with E-state index in [1.54, 1.807) is 12.1 Å². The van der Waals surface area contributed by atoms with Gasteiger partial charge in [0.15, 0.2) is 11.0 Å². The van der Waals surface area contributed by atoms with Crippen LogP contribution in [0.5, 0.6) is 0 Å². The Hall–Kier alpha value is -2.79. The summed E-state index contributed by atoms with van der Waals surface area (Å²) in [7, 11) is 0. The Labute approximate surface area is 266 Å². The van der Waals surface area contributed by atoms with E-state index < -0.39 is 34.8 Å². The maximum absolute atomic E-state index is 16.0. The topological polar surface area (TPSA) is 121 Å². The molecule has 9 nitrogen and oxygen atoms in total. The molecule has 1 saturated carbocycles. The molecule has 0 unspecified atom stereocenters. The van der Waals surface area contributed by atoms with Crippen LogP contribution in [0, 0.1) is 11.2 Å². The van der Waals surface area contributed by atoms with Gasteiger partial charge in [-0.25, -0.2) is 9.37 Å². The van der Waals surface area contributed by atoms with Crippen LogP contribution in [-0.4, -0.2) is 59.6 Å². The van der Waals surface area contributed by atoms with Crippen LogP contribution in [0.1, 0.15) is 76.3 Å². The molecular weight excluding hydrogens is 608 g/mol. The van der Waals surface area contributed by atoms with Gasteiger partial charge in [0, 0.05) is 34.9 Å². The highest BCUT2D eigenvalue weighted by molar-refractivity contribution is 6.31. The third kappa shape index (κ3) is 4.98. The first kappa shape index (κ1) is 31.2. The Morgan fingerprint density at radius 2 is 1.86 bits per heavy atom. The van der Waals surface area contributed by atoms with Crippen molar-refractivity contribution in [2.45, 2.75) is 94.4 Å². The van der Waals surface area contributed by atoms with Gasteiger partial charge in [-0.2, -0.15) is 0 Å². The van der Waals surface area contributed by atoms with Crippen molar-refractivity contribution in [3.05, 3.63) is 57.6 Å². The quantitative estimate of drug-likeness (QED) is 0.352. The molecule has 6 rings (SSSR count). The second-order valence-corrected chi connectivity index (χ2v) is 14.1. The zero-order valence-electron chi connectivity index (χ0n) is 25.1.